The molecule has 2 aromatic rings. The van der Waals surface area contributed by atoms with Gasteiger partial charge in [0.1, 0.15) is 5.82 Å². The number of aliphatic carboxylic acids is 1. The zero-order valence-corrected chi connectivity index (χ0v) is 8.90. The van der Waals surface area contributed by atoms with Crippen LogP contribution in [0.25, 0.3) is 11.4 Å². The van der Waals surface area contributed by atoms with E-state index in [0.717, 1.165) is 11.1 Å². The predicted octanol–water partition coefficient (Wildman–Crippen LogP) is 2.01. The van der Waals surface area contributed by atoms with Crippen molar-refractivity contribution >= 4 is 5.97 Å². The summed E-state index contributed by atoms with van der Waals surface area (Å²) in [5, 5.41) is 8.64. The van der Waals surface area contributed by atoms with Crippen molar-refractivity contribution in [1.29, 1.82) is 0 Å². The van der Waals surface area contributed by atoms with Crippen LogP contribution in [0.1, 0.15) is 11.3 Å². The number of nitrogens with one attached hydrogen (secondary N) is 1. The summed E-state index contributed by atoms with van der Waals surface area (Å²) in [7, 11) is 0. The highest BCUT2D eigenvalue weighted by Gasteiger charge is 2.06. The lowest BCUT2D eigenvalue weighted by atomic mass is 10.1. The Morgan fingerprint density at radius 3 is 3.00 bits per heavy atom. The molecule has 0 saturated heterocycles. The van der Waals surface area contributed by atoms with Crippen LogP contribution in [-0.4, -0.2) is 21.0 Å². The van der Waals surface area contributed by atoms with Gasteiger partial charge >= 0.3 is 5.97 Å². The topological polar surface area (TPSA) is 66.0 Å². The summed E-state index contributed by atoms with van der Waals surface area (Å²) in [6.07, 6.45) is 1.53. The molecule has 2 N–H and O–H groups in total. The van der Waals surface area contributed by atoms with Crippen LogP contribution in [0.15, 0.2) is 30.5 Å². The van der Waals surface area contributed by atoms with E-state index in [1.54, 1.807) is 6.20 Å². The summed E-state index contributed by atoms with van der Waals surface area (Å²) < 4.78 is 0. The molecule has 0 bridgehead atoms. The highest BCUT2D eigenvalue weighted by molar-refractivity contribution is 5.70. The van der Waals surface area contributed by atoms with Crippen LogP contribution in [0, 0.1) is 6.92 Å². The first-order valence-corrected chi connectivity index (χ1v) is 4.98. The summed E-state index contributed by atoms with van der Waals surface area (Å²) in [4.78, 5) is 17.7. The number of aromatic nitrogens is 2. The Kier molecular flexibility index (Phi) is 2.72. The molecule has 0 saturated carbocycles. The fourth-order valence-corrected chi connectivity index (χ4v) is 1.55. The molecule has 0 fully saturated rings. The first-order chi connectivity index (χ1) is 7.65. The number of benzene rings is 1. The summed E-state index contributed by atoms with van der Waals surface area (Å²) in [5.41, 5.74) is 2.73. The molecule has 0 aliphatic carbocycles. The molecule has 0 aliphatic heterocycles. The number of H-pyrrole nitrogens is 1. The number of hydrogen-bond donors (Lipinski definition) is 2. The maximum Gasteiger partial charge on any atom is 0.309 e. The van der Waals surface area contributed by atoms with Crippen LogP contribution in [0.2, 0.25) is 0 Å². The molecule has 82 valence electrons. The van der Waals surface area contributed by atoms with Crippen LogP contribution < -0.4 is 0 Å². The Bertz CT molecular complexity index is 517. The van der Waals surface area contributed by atoms with Crippen molar-refractivity contribution in [2.24, 2.45) is 0 Å². The van der Waals surface area contributed by atoms with Crippen molar-refractivity contribution in [3.63, 3.8) is 0 Å². The molecule has 4 heteroatoms. The molecule has 1 aromatic heterocycles. The fourth-order valence-electron chi connectivity index (χ4n) is 1.55. The van der Waals surface area contributed by atoms with Crippen molar-refractivity contribution in [2.75, 3.05) is 0 Å². The zero-order valence-electron chi connectivity index (χ0n) is 8.90. The van der Waals surface area contributed by atoms with Crippen LogP contribution >= 0.6 is 0 Å². The van der Waals surface area contributed by atoms with Crippen LogP contribution in [0.3, 0.4) is 0 Å². The molecule has 0 aliphatic rings. The molecule has 1 aromatic carbocycles. The molecule has 0 unspecified atom stereocenters. The van der Waals surface area contributed by atoms with Gasteiger partial charge in [0.05, 0.1) is 6.42 Å². The minimum atomic E-state index is -0.862. The first kappa shape index (κ1) is 10.4. The van der Waals surface area contributed by atoms with Crippen LogP contribution in [0.4, 0.5) is 0 Å². The average molecular weight is 216 g/mol. The Labute approximate surface area is 93.0 Å². The molecular formula is C12H12N2O2. The van der Waals surface area contributed by atoms with Gasteiger partial charge in [-0.3, -0.25) is 4.79 Å². The van der Waals surface area contributed by atoms with Gasteiger partial charge in [-0.1, -0.05) is 23.8 Å². The minimum absolute atomic E-state index is 0.0290. The van der Waals surface area contributed by atoms with Gasteiger partial charge < -0.3 is 10.1 Å². The number of carboxylic acids is 1. The van der Waals surface area contributed by atoms with Gasteiger partial charge in [0, 0.05) is 17.5 Å². The summed E-state index contributed by atoms with van der Waals surface area (Å²) in [6.45, 7) is 2.00. The Morgan fingerprint density at radius 2 is 2.31 bits per heavy atom. The van der Waals surface area contributed by atoms with Gasteiger partial charge in [-0.2, -0.15) is 0 Å². The summed E-state index contributed by atoms with van der Waals surface area (Å²) in [5.74, 6) is -0.153. The van der Waals surface area contributed by atoms with E-state index in [0.29, 0.717) is 11.5 Å². The van der Waals surface area contributed by atoms with Crippen molar-refractivity contribution in [3.05, 3.63) is 41.7 Å². The third-order valence-corrected chi connectivity index (χ3v) is 2.26. The number of nitrogens with zero attached hydrogens (tertiary/aromatic N) is 1. The van der Waals surface area contributed by atoms with E-state index >= 15 is 0 Å². The van der Waals surface area contributed by atoms with E-state index < -0.39 is 5.97 Å². The van der Waals surface area contributed by atoms with E-state index in [2.05, 4.69) is 9.97 Å². The smallest absolute Gasteiger partial charge is 0.309 e. The Morgan fingerprint density at radius 1 is 1.50 bits per heavy atom. The quantitative estimate of drug-likeness (QED) is 0.824. The van der Waals surface area contributed by atoms with Gasteiger partial charge in [0.15, 0.2) is 0 Å². The lowest BCUT2D eigenvalue weighted by Crippen LogP contribution is -1.99. The number of imidazole rings is 1. The van der Waals surface area contributed by atoms with Gasteiger partial charge in [0.25, 0.3) is 0 Å². The molecule has 16 heavy (non-hydrogen) atoms. The van der Waals surface area contributed by atoms with Crippen LogP contribution in [0.5, 0.6) is 0 Å². The molecule has 2 rings (SSSR count). The standard InChI is InChI=1S/C12H12N2O2/c1-8-3-2-4-9(5-8)12-13-7-10(14-12)6-11(15)16/h2-5,7H,6H2,1H3,(H,13,14)(H,15,16). The van der Waals surface area contributed by atoms with E-state index in [9.17, 15) is 4.79 Å². The maximum absolute atomic E-state index is 10.5. The number of hydrogen-bond acceptors (Lipinski definition) is 2. The number of aryl methyl sites for hydroxylation is 1. The van der Waals surface area contributed by atoms with E-state index in [1.165, 1.54) is 0 Å². The fraction of sp³-hybridized carbons (Fsp3) is 0.167. The SMILES string of the molecule is Cc1cccc(-c2ncc(CC(=O)O)[nH]2)c1. The largest absolute Gasteiger partial charge is 0.481 e. The van der Waals surface area contributed by atoms with Gasteiger partial charge in [-0.25, -0.2) is 4.98 Å². The van der Waals surface area contributed by atoms with E-state index in [1.807, 2.05) is 31.2 Å². The predicted molar refractivity (Wildman–Crippen MR) is 60.1 cm³/mol. The molecular weight excluding hydrogens is 204 g/mol. The Hall–Kier alpha value is -2.10. The second-order valence-corrected chi connectivity index (χ2v) is 3.70. The average Bonchev–Trinajstić information content (AvgIpc) is 2.65. The van der Waals surface area contributed by atoms with Crippen molar-refractivity contribution in [3.8, 4) is 11.4 Å². The van der Waals surface area contributed by atoms with Crippen molar-refractivity contribution < 1.29 is 9.90 Å². The monoisotopic (exact) mass is 216 g/mol. The molecule has 1 heterocycles. The Balaban J connectivity index is 2.28. The van der Waals surface area contributed by atoms with Crippen molar-refractivity contribution in [2.45, 2.75) is 13.3 Å². The summed E-state index contributed by atoms with van der Waals surface area (Å²) in [6, 6.07) is 7.90. The molecule has 0 atom stereocenters. The summed E-state index contributed by atoms with van der Waals surface area (Å²) >= 11 is 0. The normalized spacial score (nSPS) is 10.3. The maximum atomic E-state index is 10.5. The van der Waals surface area contributed by atoms with Gasteiger partial charge in [-0.05, 0) is 13.0 Å². The number of rotatable bonds is 3. The van der Waals surface area contributed by atoms with E-state index in [-0.39, 0.29) is 6.42 Å². The third kappa shape index (κ3) is 2.28. The highest BCUT2D eigenvalue weighted by Crippen LogP contribution is 2.16. The highest BCUT2D eigenvalue weighted by atomic mass is 16.4. The lowest BCUT2D eigenvalue weighted by molar-refractivity contribution is -0.136. The number of aromatic amines is 1. The number of carboxylic acid groups (broad SMARTS) is 1. The van der Waals surface area contributed by atoms with Gasteiger partial charge in [0.2, 0.25) is 0 Å². The first-order valence-electron chi connectivity index (χ1n) is 4.98. The van der Waals surface area contributed by atoms with Crippen molar-refractivity contribution in [1.82, 2.24) is 9.97 Å². The van der Waals surface area contributed by atoms with E-state index in [4.69, 9.17) is 5.11 Å². The third-order valence-electron chi connectivity index (χ3n) is 2.26. The minimum Gasteiger partial charge on any atom is -0.481 e. The van der Waals surface area contributed by atoms with Gasteiger partial charge in [-0.15, -0.1) is 0 Å². The molecule has 0 amide bonds. The molecule has 0 radical (unpaired) electrons. The second kappa shape index (κ2) is 4.18. The second-order valence-electron chi connectivity index (χ2n) is 3.70. The molecule has 4 nitrogen and oxygen atoms in total. The number of carbonyl (C=O) groups is 1. The molecule has 0 spiro atoms. The van der Waals surface area contributed by atoms with Crippen LogP contribution in [-0.2, 0) is 11.2 Å². The lowest BCUT2D eigenvalue weighted by Gasteiger charge is -1.98. The zero-order chi connectivity index (χ0) is 11.5.